The van der Waals surface area contributed by atoms with E-state index in [0.717, 1.165) is 77.0 Å². The Balaban J connectivity index is 1.21. The minimum Gasteiger partial charge on any atom is -0.308 e. The van der Waals surface area contributed by atoms with Crippen LogP contribution in [-0.4, -0.2) is 24.1 Å². The summed E-state index contributed by atoms with van der Waals surface area (Å²) >= 11 is 0. The smallest absolute Gasteiger partial charge is 0.189 e. The largest absolute Gasteiger partial charge is 0.308 e. The molecule has 10 heteroatoms. The summed E-state index contributed by atoms with van der Waals surface area (Å²) in [6, 6.07) is 69.3. The Morgan fingerprint density at radius 2 is 0.736 bits per heavy atom. The molecule has 12 aromatic rings. The van der Waals surface area contributed by atoms with Crippen molar-refractivity contribution >= 4 is 55.0 Å². The maximum absolute atomic E-state index is 11.1. The van der Waals surface area contributed by atoms with E-state index in [2.05, 4.69) is 73.4 Å². The molecule has 3 heterocycles. The molecular weight excluding hydrogens is 885 g/mol. The van der Waals surface area contributed by atoms with Gasteiger partial charge < -0.3 is 9.13 Å². The van der Waals surface area contributed by atoms with Crippen molar-refractivity contribution in [1.29, 1.82) is 15.8 Å². The van der Waals surface area contributed by atoms with Gasteiger partial charge in [0, 0.05) is 43.8 Å². The molecule has 10 nitrogen and oxygen atoms in total. The quantitative estimate of drug-likeness (QED) is 0.146. The van der Waals surface area contributed by atoms with Crippen molar-refractivity contribution in [3.63, 3.8) is 0 Å². The lowest BCUT2D eigenvalue weighted by atomic mass is 10.00. The summed E-state index contributed by atoms with van der Waals surface area (Å²) in [4.78, 5) is 23.1. The number of hydrogen-bond donors (Lipinski definition) is 0. The first-order valence-corrected chi connectivity index (χ1v) is 22.8. The Hall–Kier alpha value is -11.0. The Morgan fingerprint density at radius 3 is 1.17 bits per heavy atom. The molecule has 0 aliphatic heterocycles. The summed E-state index contributed by atoms with van der Waals surface area (Å²) < 4.78 is 4.34. The predicted octanol–water partition coefficient (Wildman–Crippen LogP) is 15.1. The van der Waals surface area contributed by atoms with E-state index < -0.39 is 0 Å². The molecule has 0 radical (unpaired) electrons. The second kappa shape index (κ2) is 17.3. The molecule has 9 aromatic carbocycles. The van der Waals surface area contributed by atoms with Gasteiger partial charge in [0.1, 0.15) is 0 Å². The summed E-state index contributed by atoms with van der Waals surface area (Å²) in [6.45, 7) is 15.5. The molecule has 0 aliphatic carbocycles. The van der Waals surface area contributed by atoms with Crippen LogP contribution >= 0.6 is 0 Å². The molecule has 72 heavy (non-hydrogen) atoms. The lowest BCUT2D eigenvalue weighted by Crippen LogP contribution is -2.08. The van der Waals surface area contributed by atoms with E-state index in [4.69, 9.17) is 28.1 Å². The first kappa shape index (κ1) is 42.4. The topological polar surface area (TPSA) is 129 Å². The molecule has 0 spiro atoms. The van der Waals surface area contributed by atoms with Gasteiger partial charge in [-0.15, -0.1) is 0 Å². The average molecular weight is 917 g/mol. The summed E-state index contributed by atoms with van der Waals surface area (Å²) in [5.74, 6) is 1.31. The van der Waals surface area contributed by atoms with Gasteiger partial charge >= 0.3 is 0 Å². The molecule has 0 saturated carbocycles. The molecule has 0 saturated heterocycles. The molecule has 12 rings (SSSR count). The van der Waals surface area contributed by atoms with Gasteiger partial charge in [0.2, 0.25) is 0 Å². The summed E-state index contributed by atoms with van der Waals surface area (Å²) in [6.07, 6.45) is 0. The van der Waals surface area contributed by atoms with Crippen molar-refractivity contribution in [1.82, 2.24) is 24.1 Å². The molecular formula is C62H32N10. The fourth-order valence-electron chi connectivity index (χ4n) is 9.82. The molecule has 0 fully saturated rings. The second-order valence-electron chi connectivity index (χ2n) is 17.2. The molecule has 3 aromatic heterocycles. The van der Waals surface area contributed by atoms with Crippen molar-refractivity contribution in [3.05, 3.63) is 234 Å². The highest BCUT2D eigenvalue weighted by molar-refractivity contribution is 6.13. The number of fused-ring (bicyclic) bond motifs is 6. The highest BCUT2D eigenvalue weighted by atomic mass is 15.1. The number of benzene rings is 9. The molecule has 330 valence electrons. The lowest BCUT2D eigenvalue weighted by Gasteiger charge is -2.20. The Morgan fingerprint density at radius 1 is 0.347 bits per heavy atom. The zero-order valence-electron chi connectivity index (χ0n) is 37.9. The third-order valence-corrected chi connectivity index (χ3v) is 13.0. The number of para-hydroxylation sites is 2. The first-order chi connectivity index (χ1) is 35.4. The van der Waals surface area contributed by atoms with E-state index in [0.29, 0.717) is 62.5 Å². The van der Waals surface area contributed by atoms with Gasteiger partial charge in [0.25, 0.3) is 0 Å². The van der Waals surface area contributed by atoms with Crippen molar-refractivity contribution in [3.8, 4) is 86.0 Å². The maximum Gasteiger partial charge on any atom is 0.189 e. The van der Waals surface area contributed by atoms with E-state index in [1.807, 2.05) is 121 Å². The van der Waals surface area contributed by atoms with E-state index >= 15 is 0 Å². The zero-order chi connectivity index (χ0) is 48.9. The van der Waals surface area contributed by atoms with Crippen molar-refractivity contribution < 1.29 is 0 Å². The van der Waals surface area contributed by atoms with Crippen LogP contribution in [0.1, 0.15) is 16.7 Å². The number of rotatable bonds is 7. The zero-order valence-corrected chi connectivity index (χ0v) is 37.9. The fourth-order valence-corrected chi connectivity index (χ4v) is 9.82. The third kappa shape index (κ3) is 7.13. The van der Waals surface area contributed by atoms with Crippen LogP contribution in [-0.2, 0) is 0 Å². The van der Waals surface area contributed by atoms with Gasteiger partial charge in [0.05, 0.1) is 75.9 Å². The van der Waals surface area contributed by atoms with Crippen LogP contribution in [0.5, 0.6) is 0 Å². The summed E-state index contributed by atoms with van der Waals surface area (Å²) in [5, 5.41) is 34.6. The van der Waals surface area contributed by atoms with Crippen LogP contribution in [0, 0.1) is 47.1 Å². The Bertz CT molecular complexity index is 4120. The summed E-state index contributed by atoms with van der Waals surface area (Å²) in [7, 11) is 0. The fraction of sp³-hybridized carbons (Fsp3) is 0. The van der Waals surface area contributed by atoms with Gasteiger partial charge in [0.15, 0.2) is 28.8 Å². The highest BCUT2D eigenvalue weighted by Crippen LogP contribution is 2.44. The minimum atomic E-state index is 0.377. The van der Waals surface area contributed by atoms with Crippen molar-refractivity contribution in [2.75, 3.05) is 0 Å². The van der Waals surface area contributed by atoms with Crippen LogP contribution in [0.3, 0.4) is 0 Å². The number of aromatic nitrogens is 5. The SMILES string of the molecule is [C-]#[N+]c1cc(C#N)cc(-c2ccc3c(c2)c2ccccc2n3-c2cc(C#N)cc(-n3c4ccccc4c4cc(-c5cc(C#N)cc([N+]#[C-])c5)ccc43)c2-c2nc(-c3ccccc3)nc(-c3ccccc3)n2)c1. The van der Waals surface area contributed by atoms with E-state index in [9.17, 15) is 15.8 Å². The minimum absolute atomic E-state index is 0.377. The molecule has 0 bridgehead atoms. The van der Waals surface area contributed by atoms with Gasteiger partial charge in [-0.25, -0.2) is 24.6 Å². The van der Waals surface area contributed by atoms with Crippen LogP contribution < -0.4 is 0 Å². The Kier molecular flexibility index (Phi) is 10.2. The molecule has 0 aliphatic rings. The third-order valence-electron chi connectivity index (χ3n) is 13.0. The van der Waals surface area contributed by atoms with E-state index in [1.54, 1.807) is 36.4 Å². The van der Waals surface area contributed by atoms with E-state index in [1.165, 1.54) is 0 Å². The van der Waals surface area contributed by atoms with E-state index in [-0.39, 0.29) is 0 Å². The first-order valence-electron chi connectivity index (χ1n) is 22.8. The van der Waals surface area contributed by atoms with Gasteiger partial charge in [-0.2, -0.15) is 15.8 Å². The normalized spacial score (nSPS) is 11.0. The van der Waals surface area contributed by atoms with Gasteiger partial charge in [-0.05, 0) is 107 Å². The molecule has 0 amide bonds. The number of nitriles is 3. The maximum atomic E-state index is 11.1. The number of nitrogens with zero attached hydrogens (tertiary/aromatic N) is 10. The summed E-state index contributed by atoms with van der Waals surface area (Å²) in [5.41, 5.74) is 12.1. The molecule has 0 atom stereocenters. The number of hydrogen-bond acceptors (Lipinski definition) is 6. The molecule has 0 unspecified atom stereocenters. The second-order valence-corrected chi connectivity index (χ2v) is 17.2. The lowest BCUT2D eigenvalue weighted by molar-refractivity contribution is 1.05. The standard InChI is InChI=1S/C62H32N10/c1-66-47-27-38(35-63)25-45(31-47)43-21-23-55-51(33-43)49-17-9-11-19-53(49)71(55)57-29-40(37-65)30-58(59(57)62-69-60(41-13-5-3-6-14-41)68-61(70-62)42-15-7-4-8-16-42)72-54-20-12-10-18-50(54)52-34-44(22-24-56(52)72)46-26-39(36-64)28-48(32-46)67-2/h3-34H. The monoisotopic (exact) mass is 916 g/mol. The van der Waals surface area contributed by atoms with Gasteiger partial charge in [-0.1, -0.05) is 109 Å². The highest BCUT2D eigenvalue weighted by Gasteiger charge is 2.27. The van der Waals surface area contributed by atoms with Gasteiger partial charge in [-0.3, -0.25) is 0 Å². The van der Waals surface area contributed by atoms with Crippen LogP contribution in [0.15, 0.2) is 194 Å². The van der Waals surface area contributed by atoms with Crippen LogP contribution in [0.25, 0.3) is 121 Å². The van der Waals surface area contributed by atoms with Crippen LogP contribution in [0.4, 0.5) is 11.4 Å². The van der Waals surface area contributed by atoms with Crippen LogP contribution in [0.2, 0.25) is 0 Å². The Labute approximate surface area is 412 Å². The average Bonchev–Trinajstić information content (AvgIpc) is 3.97. The van der Waals surface area contributed by atoms with Crippen molar-refractivity contribution in [2.24, 2.45) is 0 Å². The molecule has 0 N–H and O–H groups in total. The predicted molar refractivity (Wildman–Crippen MR) is 282 cm³/mol. The van der Waals surface area contributed by atoms with Crippen molar-refractivity contribution in [2.45, 2.75) is 0 Å².